The van der Waals surface area contributed by atoms with Crippen molar-refractivity contribution in [3.8, 4) is 11.5 Å². The number of hydrogen-bond acceptors (Lipinski definition) is 5. The topological polar surface area (TPSA) is 108 Å². The van der Waals surface area contributed by atoms with E-state index >= 15 is 0 Å². The Hall–Kier alpha value is -3.06. The first-order valence-corrected chi connectivity index (χ1v) is 9.80. The molecule has 0 aromatic heterocycles. The molecule has 0 radical (unpaired) electrons. The molecule has 7 heteroatoms. The van der Waals surface area contributed by atoms with E-state index in [0.717, 1.165) is 24.3 Å². The second kappa shape index (κ2) is 9.93. The summed E-state index contributed by atoms with van der Waals surface area (Å²) in [6.07, 6.45) is 1.13. The maximum atomic E-state index is 12.0. The molecule has 29 heavy (non-hydrogen) atoms. The lowest BCUT2D eigenvalue weighted by Crippen LogP contribution is -2.53. The molecule has 2 aromatic rings. The molecule has 1 fully saturated rings. The summed E-state index contributed by atoms with van der Waals surface area (Å²) < 4.78 is 5.96. The number of anilines is 1. The molecule has 1 amide bonds. The summed E-state index contributed by atoms with van der Waals surface area (Å²) in [6, 6.07) is 16.3. The molecule has 4 N–H and O–H groups in total. The van der Waals surface area contributed by atoms with Gasteiger partial charge in [-0.05, 0) is 43.5 Å². The van der Waals surface area contributed by atoms with Crippen LogP contribution < -0.4 is 15.4 Å². The molecule has 0 saturated heterocycles. The average molecular weight is 398 g/mol. The van der Waals surface area contributed by atoms with E-state index < -0.39 is 18.1 Å². The van der Waals surface area contributed by atoms with E-state index in [0.29, 0.717) is 12.2 Å². The highest BCUT2D eigenvalue weighted by molar-refractivity contribution is 5.80. The molecule has 2 aromatic carbocycles. The van der Waals surface area contributed by atoms with Gasteiger partial charge in [0.2, 0.25) is 5.91 Å². The largest absolute Gasteiger partial charge is 0.481 e. The number of ether oxygens (including phenoxy) is 1. The maximum Gasteiger partial charge on any atom is 0.303 e. The summed E-state index contributed by atoms with van der Waals surface area (Å²) in [4.78, 5) is 22.6. The number of nitrogens with one attached hydrogen (secondary N) is 2. The number of carbonyl (C=O) groups is 2. The average Bonchev–Trinajstić information content (AvgIpc) is 2.71. The van der Waals surface area contributed by atoms with Gasteiger partial charge < -0.3 is 25.6 Å². The van der Waals surface area contributed by atoms with Gasteiger partial charge in [0, 0.05) is 6.42 Å². The predicted molar refractivity (Wildman–Crippen MR) is 109 cm³/mol. The fourth-order valence-electron chi connectivity index (χ4n) is 3.48. The van der Waals surface area contributed by atoms with Crippen LogP contribution in [0.2, 0.25) is 0 Å². The molecule has 0 bridgehead atoms. The Morgan fingerprint density at radius 1 is 0.966 bits per heavy atom. The zero-order valence-corrected chi connectivity index (χ0v) is 16.1. The van der Waals surface area contributed by atoms with Crippen LogP contribution >= 0.6 is 0 Å². The number of aliphatic hydroxyl groups is 1. The standard InChI is InChI=1S/C22H26N2O5/c25-20(13-14-21(26)27)24-18-11-6-10-17(22(18)28)23-16-9-4-5-12-19(16)29-15-7-2-1-3-8-15/h1-5,7-9,12,17-18,22-23,28H,6,10-11,13-14H2,(H,24,25)(H,26,27)/t17-,18-,22+/m1/s1. The van der Waals surface area contributed by atoms with Gasteiger partial charge in [0.15, 0.2) is 5.75 Å². The van der Waals surface area contributed by atoms with E-state index in [9.17, 15) is 14.7 Å². The number of amides is 1. The highest BCUT2D eigenvalue weighted by atomic mass is 16.5. The van der Waals surface area contributed by atoms with Crippen LogP contribution in [0.1, 0.15) is 32.1 Å². The van der Waals surface area contributed by atoms with E-state index in [1.54, 1.807) is 0 Å². The second-order valence-electron chi connectivity index (χ2n) is 7.15. The lowest BCUT2D eigenvalue weighted by atomic mass is 9.87. The molecule has 1 aliphatic rings. The van der Waals surface area contributed by atoms with Gasteiger partial charge in [-0.2, -0.15) is 0 Å². The number of benzene rings is 2. The number of carboxylic acids is 1. The molecule has 3 rings (SSSR count). The summed E-state index contributed by atoms with van der Waals surface area (Å²) >= 11 is 0. The summed E-state index contributed by atoms with van der Waals surface area (Å²) in [7, 11) is 0. The smallest absolute Gasteiger partial charge is 0.303 e. The molecule has 1 saturated carbocycles. The Morgan fingerprint density at radius 2 is 1.66 bits per heavy atom. The Labute approximate surface area is 169 Å². The summed E-state index contributed by atoms with van der Waals surface area (Å²) in [5, 5.41) is 25.6. The Morgan fingerprint density at radius 3 is 2.41 bits per heavy atom. The van der Waals surface area contributed by atoms with Gasteiger partial charge in [-0.25, -0.2) is 0 Å². The van der Waals surface area contributed by atoms with Crippen LogP contribution in [0.15, 0.2) is 54.6 Å². The number of para-hydroxylation sites is 3. The Bertz CT molecular complexity index is 827. The van der Waals surface area contributed by atoms with Crippen molar-refractivity contribution in [1.29, 1.82) is 0 Å². The third-order valence-corrected chi connectivity index (χ3v) is 4.97. The van der Waals surface area contributed by atoms with Crippen LogP contribution in [0.25, 0.3) is 0 Å². The van der Waals surface area contributed by atoms with Crippen molar-refractivity contribution in [2.45, 2.75) is 50.3 Å². The van der Waals surface area contributed by atoms with Crippen LogP contribution in [0, 0.1) is 0 Å². The molecule has 0 unspecified atom stereocenters. The SMILES string of the molecule is O=C(O)CCC(=O)N[C@@H]1CCC[C@@H](Nc2ccccc2Oc2ccccc2)[C@@H]1O. The molecule has 0 heterocycles. The normalized spacial score (nSPS) is 21.2. The van der Waals surface area contributed by atoms with Gasteiger partial charge in [-0.15, -0.1) is 0 Å². The van der Waals surface area contributed by atoms with Crippen molar-refractivity contribution in [2.24, 2.45) is 0 Å². The molecular weight excluding hydrogens is 372 g/mol. The first-order chi connectivity index (χ1) is 14.0. The van der Waals surface area contributed by atoms with Crippen molar-refractivity contribution >= 4 is 17.6 Å². The van der Waals surface area contributed by atoms with E-state index in [1.807, 2.05) is 54.6 Å². The van der Waals surface area contributed by atoms with Gasteiger partial charge in [0.1, 0.15) is 5.75 Å². The third-order valence-electron chi connectivity index (χ3n) is 4.97. The lowest BCUT2D eigenvalue weighted by molar-refractivity contribution is -0.139. The van der Waals surface area contributed by atoms with Gasteiger partial charge in [-0.1, -0.05) is 30.3 Å². The number of carboxylic acid groups (broad SMARTS) is 1. The quantitative estimate of drug-likeness (QED) is 0.544. The van der Waals surface area contributed by atoms with Crippen LogP contribution in [-0.2, 0) is 9.59 Å². The molecule has 1 aliphatic carbocycles. The lowest BCUT2D eigenvalue weighted by Gasteiger charge is -2.36. The molecule has 0 spiro atoms. The first kappa shape index (κ1) is 20.7. The number of rotatable bonds is 8. The molecule has 3 atom stereocenters. The van der Waals surface area contributed by atoms with Crippen molar-refractivity contribution in [2.75, 3.05) is 5.32 Å². The highest BCUT2D eigenvalue weighted by Crippen LogP contribution is 2.32. The minimum Gasteiger partial charge on any atom is -0.481 e. The number of hydrogen-bond donors (Lipinski definition) is 4. The molecule has 0 aliphatic heterocycles. The Kier molecular flexibility index (Phi) is 7.08. The zero-order chi connectivity index (χ0) is 20.6. The minimum absolute atomic E-state index is 0.0929. The predicted octanol–water partition coefficient (Wildman–Crippen LogP) is 3.15. The number of carbonyl (C=O) groups excluding carboxylic acids is 1. The monoisotopic (exact) mass is 398 g/mol. The van der Waals surface area contributed by atoms with E-state index in [2.05, 4.69) is 10.6 Å². The van der Waals surface area contributed by atoms with Crippen molar-refractivity contribution in [3.05, 3.63) is 54.6 Å². The van der Waals surface area contributed by atoms with Crippen LogP contribution in [0.3, 0.4) is 0 Å². The van der Waals surface area contributed by atoms with E-state index in [4.69, 9.17) is 9.84 Å². The maximum absolute atomic E-state index is 12.0. The first-order valence-electron chi connectivity index (χ1n) is 9.80. The van der Waals surface area contributed by atoms with Gasteiger partial charge >= 0.3 is 5.97 Å². The summed E-state index contributed by atoms with van der Waals surface area (Å²) in [5.74, 6) is -0.00292. The van der Waals surface area contributed by atoms with Crippen molar-refractivity contribution in [1.82, 2.24) is 5.32 Å². The van der Waals surface area contributed by atoms with Crippen LogP contribution in [-0.4, -0.2) is 40.3 Å². The van der Waals surface area contributed by atoms with Crippen LogP contribution in [0.4, 0.5) is 5.69 Å². The number of aliphatic carboxylic acids is 1. The summed E-state index contributed by atoms with van der Waals surface area (Å²) in [5.41, 5.74) is 0.762. The van der Waals surface area contributed by atoms with Gasteiger partial charge in [0.05, 0.1) is 30.3 Å². The summed E-state index contributed by atoms with van der Waals surface area (Å²) in [6.45, 7) is 0. The molecule has 154 valence electrons. The highest BCUT2D eigenvalue weighted by Gasteiger charge is 2.33. The Balaban J connectivity index is 1.64. The van der Waals surface area contributed by atoms with E-state index in [-0.39, 0.29) is 24.8 Å². The van der Waals surface area contributed by atoms with Crippen molar-refractivity contribution in [3.63, 3.8) is 0 Å². The van der Waals surface area contributed by atoms with Crippen LogP contribution in [0.5, 0.6) is 11.5 Å². The fraction of sp³-hybridized carbons (Fsp3) is 0.364. The van der Waals surface area contributed by atoms with E-state index in [1.165, 1.54) is 0 Å². The minimum atomic E-state index is -1.01. The van der Waals surface area contributed by atoms with Gasteiger partial charge in [-0.3, -0.25) is 9.59 Å². The number of aliphatic hydroxyl groups excluding tert-OH is 1. The fourth-order valence-corrected chi connectivity index (χ4v) is 3.48. The molecule has 7 nitrogen and oxygen atoms in total. The second-order valence-corrected chi connectivity index (χ2v) is 7.15. The van der Waals surface area contributed by atoms with Crippen molar-refractivity contribution < 1.29 is 24.5 Å². The van der Waals surface area contributed by atoms with Gasteiger partial charge in [0.25, 0.3) is 0 Å². The molecular formula is C22H26N2O5. The third kappa shape index (κ3) is 5.96. The zero-order valence-electron chi connectivity index (χ0n) is 16.1.